The number of nitrogens with zero attached hydrogens (tertiary/aromatic N) is 1. The van der Waals surface area contributed by atoms with E-state index in [1.807, 2.05) is 26.0 Å². The average molecular weight is 481 g/mol. The van der Waals surface area contributed by atoms with E-state index in [0.717, 1.165) is 5.39 Å². The van der Waals surface area contributed by atoms with Gasteiger partial charge in [-0.05, 0) is 68.4 Å². The molecule has 1 atom stereocenters. The summed E-state index contributed by atoms with van der Waals surface area (Å²) in [5, 5.41) is 17.6. The molecule has 4 aromatic rings. The lowest BCUT2D eigenvalue weighted by atomic mass is 10.2. The first kappa shape index (κ1) is 23.4. The first-order valence-corrected chi connectivity index (χ1v) is 11.1. The lowest BCUT2D eigenvalue weighted by Gasteiger charge is -2.15. The maximum atomic E-state index is 12.7. The Kier molecular flexibility index (Phi) is 6.63. The summed E-state index contributed by atoms with van der Waals surface area (Å²) in [7, 11) is 0. The topological polar surface area (TPSA) is 108 Å². The van der Waals surface area contributed by atoms with Crippen LogP contribution in [0.3, 0.4) is 0 Å². The van der Waals surface area contributed by atoms with Gasteiger partial charge in [0.25, 0.3) is 5.56 Å². The Labute approximate surface area is 201 Å². The molecular formula is C25H25ClN4O4. The van der Waals surface area contributed by atoms with Crippen molar-refractivity contribution in [1.29, 1.82) is 0 Å². The van der Waals surface area contributed by atoms with E-state index >= 15 is 0 Å². The number of carbonyl (C=O) groups excluding carboxylic acids is 1. The maximum absolute atomic E-state index is 12.7. The largest absolute Gasteiger partial charge is 0.491 e. The van der Waals surface area contributed by atoms with Gasteiger partial charge < -0.3 is 25.5 Å². The Morgan fingerprint density at radius 2 is 1.82 bits per heavy atom. The van der Waals surface area contributed by atoms with Gasteiger partial charge in [-0.1, -0.05) is 11.6 Å². The van der Waals surface area contributed by atoms with Crippen LogP contribution >= 0.6 is 11.6 Å². The molecule has 0 aliphatic heterocycles. The molecule has 2 aromatic heterocycles. The van der Waals surface area contributed by atoms with E-state index in [2.05, 4.69) is 15.6 Å². The highest BCUT2D eigenvalue weighted by molar-refractivity contribution is 6.33. The van der Waals surface area contributed by atoms with Crippen molar-refractivity contribution in [2.75, 3.05) is 10.6 Å². The van der Waals surface area contributed by atoms with Crippen molar-refractivity contribution in [3.05, 3.63) is 81.7 Å². The number of H-pyrrole nitrogens is 1. The maximum Gasteiger partial charge on any atom is 0.256 e. The summed E-state index contributed by atoms with van der Waals surface area (Å²) in [5.74, 6) is 0.496. The number of aliphatic hydroxyl groups excluding tert-OH is 1. The van der Waals surface area contributed by atoms with E-state index < -0.39 is 6.23 Å². The fourth-order valence-corrected chi connectivity index (χ4v) is 3.80. The summed E-state index contributed by atoms with van der Waals surface area (Å²) in [4.78, 5) is 27.2. The Hall–Kier alpha value is -3.75. The Balaban J connectivity index is 1.66. The van der Waals surface area contributed by atoms with Crippen LogP contribution in [-0.2, 0) is 4.79 Å². The summed E-state index contributed by atoms with van der Waals surface area (Å²) in [6.07, 6.45) is -1.10. The SMILES string of the molecule is CC(=O)Nc1ccc(Cl)c(NC(O)c2cc3ccc(=O)n(-c4ccc(OC(C)C)cc4)c3[nH]2)c1. The number of nitrogens with one attached hydrogen (secondary N) is 3. The zero-order chi connectivity index (χ0) is 24.4. The van der Waals surface area contributed by atoms with Crippen molar-refractivity contribution in [3.8, 4) is 11.4 Å². The summed E-state index contributed by atoms with van der Waals surface area (Å²) in [5.41, 5.74) is 2.41. The van der Waals surface area contributed by atoms with E-state index in [0.29, 0.717) is 39.2 Å². The average Bonchev–Trinajstić information content (AvgIpc) is 3.20. The second-order valence-corrected chi connectivity index (χ2v) is 8.53. The molecule has 0 aliphatic carbocycles. The number of aromatic amines is 1. The van der Waals surface area contributed by atoms with Gasteiger partial charge in [-0.25, -0.2) is 0 Å². The highest BCUT2D eigenvalue weighted by Crippen LogP contribution is 2.29. The molecule has 2 aromatic carbocycles. The smallest absolute Gasteiger partial charge is 0.256 e. The number of aliphatic hydroxyl groups is 1. The summed E-state index contributed by atoms with van der Waals surface area (Å²) < 4.78 is 7.22. The number of ether oxygens (including phenoxy) is 1. The number of aromatic nitrogens is 2. The summed E-state index contributed by atoms with van der Waals surface area (Å²) >= 11 is 6.26. The van der Waals surface area contributed by atoms with Crippen LogP contribution in [0.4, 0.5) is 11.4 Å². The molecule has 8 nitrogen and oxygen atoms in total. The Morgan fingerprint density at radius 1 is 1.09 bits per heavy atom. The predicted molar refractivity (Wildman–Crippen MR) is 134 cm³/mol. The standard InChI is InChI=1S/C25H25ClN4O4/c1-14(2)34-19-8-6-18(7-9-19)30-23(32)11-4-16-12-22(28-24(16)30)25(33)29-21-13-17(27-15(3)31)5-10-20(21)26/h4-14,25,28-29,33H,1-3H3,(H,27,31). The third kappa shape index (κ3) is 5.08. The van der Waals surface area contributed by atoms with Crippen molar-refractivity contribution >= 4 is 39.9 Å². The molecule has 4 N–H and O–H groups in total. The van der Waals surface area contributed by atoms with Crippen molar-refractivity contribution in [1.82, 2.24) is 9.55 Å². The fourth-order valence-electron chi connectivity index (χ4n) is 3.63. The lowest BCUT2D eigenvalue weighted by molar-refractivity contribution is -0.114. The van der Waals surface area contributed by atoms with Crippen LogP contribution in [0.1, 0.15) is 32.7 Å². The number of rotatable bonds is 7. The third-order valence-electron chi connectivity index (χ3n) is 5.04. The molecule has 1 unspecified atom stereocenters. The fraction of sp³-hybridized carbons (Fsp3) is 0.200. The van der Waals surface area contributed by atoms with Crippen LogP contribution in [0.2, 0.25) is 5.02 Å². The highest BCUT2D eigenvalue weighted by Gasteiger charge is 2.16. The molecule has 34 heavy (non-hydrogen) atoms. The quantitative estimate of drug-likeness (QED) is 0.283. The number of hydrogen-bond donors (Lipinski definition) is 4. The van der Waals surface area contributed by atoms with E-state index in [1.165, 1.54) is 17.6 Å². The van der Waals surface area contributed by atoms with Crippen LogP contribution in [-0.4, -0.2) is 26.7 Å². The second-order valence-electron chi connectivity index (χ2n) is 8.12. The summed E-state index contributed by atoms with van der Waals surface area (Å²) in [6.45, 7) is 5.30. The highest BCUT2D eigenvalue weighted by atomic mass is 35.5. The van der Waals surface area contributed by atoms with Gasteiger partial charge in [0.05, 0.1) is 28.2 Å². The van der Waals surface area contributed by atoms with Gasteiger partial charge in [-0.15, -0.1) is 0 Å². The molecule has 1 amide bonds. The van der Waals surface area contributed by atoms with Crippen LogP contribution in [0, 0.1) is 0 Å². The van der Waals surface area contributed by atoms with Crippen LogP contribution in [0.25, 0.3) is 16.7 Å². The number of halogens is 1. The monoisotopic (exact) mass is 480 g/mol. The number of pyridine rings is 1. The lowest BCUT2D eigenvalue weighted by Crippen LogP contribution is -2.17. The van der Waals surface area contributed by atoms with Crippen LogP contribution in [0.15, 0.2) is 65.5 Å². The predicted octanol–water partition coefficient (Wildman–Crippen LogP) is 4.82. The minimum absolute atomic E-state index is 0.0457. The number of amides is 1. The molecule has 0 aliphatic rings. The van der Waals surface area contributed by atoms with Gasteiger partial charge in [-0.2, -0.15) is 0 Å². The molecule has 9 heteroatoms. The molecule has 0 saturated heterocycles. The van der Waals surface area contributed by atoms with Crippen molar-refractivity contribution in [2.45, 2.75) is 33.1 Å². The van der Waals surface area contributed by atoms with Gasteiger partial charge in [0.2, 0.25) is 5.91 Å². The van der Waals surface area contributed by atoms with Gasteiger partial charge in [0.1, 0.15) is 11.4 Å². The summed E-state index contributed by atoms with van der Waals surface area (Å²) in [6, 6.07) is 17.1. The zero-order valence-electron chi connectivity index (χ0n) is 18.9. The number of anilines is 2. The van der Waals surface area contributed by atoms with E-state index in [1.54, 1.807) is 42.5 Å². The number of hydrogen-bond acceptors (Lipinski definition) is 5. The molecule has 4 rings (SSSR count). The molecule has 0 fully saturated rings. The van der Waals surface area contributed by atoms with E-state index in [9.17, 15) is 14.7 Å². The van der Waals surface area contributed by atoms with Crippen molar-refractivity contribution in [2.24, 2.45) is 0 Å². The van der Waals surface area contributed by atoms with Gasteiger partial charge in [0, 0.05) is 24.1 Å². The number of benzene rings is 2. The number of fused-ring (bicyclic) bond motifs is 1. The molecule has 176 valence electrons. The first-order valence-electron chi connectivity index (χ1n) is 10.7. The molecular weight excluding hydrogens is 456 g/mol. The Morgan fingerprint density at radius 3 is 2.50 bits per heavy atom. The van der Waals surface area contributed by atoms with Crippen LogP contribution < -0.4 is 20.9 Å². The molecule has 2 heterocycles. The van der Waals surface area contributed by atoms with Gasteiger partial charge in [-0.3, -0.25) is 14.2 Å². The molecule has 0 radical (unpaired) electrons. The second kappa shape index (κ2) is 9.62. The Bertz CT molecular complexity index is 1390. The molecule has 0 spiro atoms. The van der Waals surface area contributed by atoms with Crippen molar-refractivity contribution < 1.29 is 14.6 Å². The van der Waals surface area contributed by atoms with E-state index in [4.69, 9.17) is 16.3 Å². The zero-order valence-corrected chi connectivity index (χ0v) is 19.7. The normalized spacial score (nSPS) is 12.1. The minimum Gasteiger partial charge on any atom is -0.491 e. The van der Waals surface area contributed by atoms with E-state index in [-0.39, 0.29) is 17.6 Å². The van der Waals surface area contributed by atoms with Crippen LogP contribution in [0.5, 0.6) is 5.75 Å². The van der Waals surface area contributed by atoms with Gasteiger partial charge >= 0.3 is 0 Å². The number of carbonyl (C=O) groups is 1. The first-order chi connectivity index (χ1) is 16.2. The molecule has 0 saturated carbocycles. The minimum atomic E-state index is -1.15. The van der Waals surface area contributed by atoms with Crippen molar-refractivity contribution in [3.63, 3.8) is 0 Å². The molecule has 0 bridgehead atoms. The third-order valence-corrected chi connectivity index (χ3v) is 5.37. The van der Waals surface area contributed by atoms with Gasteiger partial charge in [0.15, 0.2) is 6.23 Å².